The predicted molar refractivity (Wildman–Crippen MR) is 120 cm³/mol. The number of carbonyl (C=O) groups excluding carboxylic acids is 1. The van der Waals surface area contributed by atoms with E-state index in [1.165, 1.54) is 22.9 Å². The van der Waals surface area contributed by atoms with Crippen LogP contribution in [0.2, 0.25) is 0 Å². The van der Waals surface area contributed by atoms with E-state index in [0.29, 0.717) is 5.75 Å². The first kappa shape index (κ1) is 19.0. The van der Waals surface area contributed by atoms with E-state index in [0.717, 1.165) is 17.3 Å². The molecule has 1 amide bonds. The summed E-state index contributed by atoms with van der Waals surface area (Å²) in [6.07, 6.45) is 5.11. The highest BCUT2D eigenvalue weighted by molar-refractivity contribution is 8.14. The highest BCUT2D eigenvalue weighted by Crippen LogP contribution is 2.35. The van der Waals surface area contributed by atoms with Crippen LogP contribution in [0.15, 0.2) is 72.1 Å². The van der Waals surface area contributed by atoms with Gasteiger partial charge in [-0.2, -0.15) is 5.10 Å². The van der Waals surface area contributed by atoms with Crippen LogP contribution in [0.3, 0.4) is 0 Å². The van der Waals surface area contributed by atoms with Crippen LogP contribution in [-0.2, 0) is 4.79 Å². The second kappa shape index (κ2) is 8.04. The number of nitrogens with zero attached hydrogens (tertiary/aromatic N) is 3. The SMILES string of the molecule is Cc1ccc(C2CC3C4NN=C(SCC(=O)Nc5ccccc5)N4C=CN3N2)cc1. The molecule has 5 rings (SSSR count). The summed E-state index contributed by atoms with van der Waals surface area (Å²) >= 11 is 1.44. The molecule has 154 valence electrons. The molecule has 30 heavy (non-hydrogen) atoms. The molecule has 3 unspecified atom stereocenters. The lowest BCUT2D eigenvalue weighted by atomic mass is 9.99. The Morgan fingerprint density at radius 1 is 1.17 bits per heavy atom. The van der Waals surface area contributed by atoms with Gasteiger partial charge in [-0.15, -0.1) is 0 Å². The lowest BCUT2D eigenvalue weighted by molar-refractivity contribution is -0.113. The topological polar surface area (TPSA) is 72.0 Å². The van der Waals surface area contributed by atoms with Gasteiger partial charge in [0.05, 0.1) is 17.8 Å². The monoisotopic (exact) mass is 420 g/mol. The Hall–Kier alpha value is -2.97. The maximum absolute atomic E-state index is 12.3. The molecule has 3 N–H and O–H groups in total. The predicted octanol–water partition coefficient (Wildman–Crippen LogP) is 2.97. The molecule has 2 aromatic rings. The summed E-state index contributed by atoms with van der Waals surface area (Å²) in [7, 11) is 0. The zero-order valence-corrected chi connectivity index (χ0v) is 17.5. The third-order valence-electron chi connectivity index (χ3n) is 5.57. The van der Waals surface area contributed by atoms with Crippen molar-refractivity contribution >= 4 is 28.5 Å². The zero-order valence-electron chi connectivity index (χ0n) is 16.7. The van der Waals surface area contributed by atoms with Gasteiger partial charge in [-0.25, -0.2) is 5.43 Å². The van der Waals surface area contributed by atoms with Crippen LogP contribution in [-0.4, -0.2) is 38.9 Å². The van der Waals surface area contributed by atoms with E-state index in [9.17, 15) is 4.79 Å². The highest BCUT2D eigenvalue weighted by Gasteiger charge is 2.44. The largest absolute Gasteiger partial charge is 0.325 e. The molecule has 0 radical (unpaired) electrons. The molecule has 7 nitrogen and oxygen atoms in total. The lowest BCUT2D eigenvalue weighted by Crippen LogP contribution is -2.54. The Morgan fingerprint density at radius 3 is 2.77 bits per heavy atom. The molecule has 3 aliphatic rings. The molecule has 0 spiro atoms. The van der Waals surface area contributed by atoms with Gasteiger partial charge in [0.15, 0.2) is 5.17 Å². The number of hydrogen-bond donors (Lipinski definition) is 3. The van der Waals surface area contributed by atoms with Gasteiger partial charge in [0.25, 0.3) is 0 Å². The Kier molecular flexibility index (Phi) is 5.10. The van der Waals surface area contributed by atoms with Gasteiger partial charge in [0, 0.05) is 18.1 Å². The standard InChI is InChI=1S/C22H24N6OS/c1-15-7-9-16(10-8-15)18-13-19-21-24-25-22(27(21)11-12-28(19)26-18)30-14-20(29)23-17-5-3-2-4-6-17/h2-12,18-19,21,24,26H,13-14H2,1H3,(H,23,29). The molecule has 2 aromatic carbocycles. The van der Waals surface area contributed by atoms with Crippen LogP contribution in [0.5, 0.6) is 0 Å². The van der Waals surface area contributed by atoms with Crippen molar-refractivity contribution in [2.75, 3.05) is 11.1 Å². The molecule has 3 aliphatic heterocycles. The van der Waals surface area contributed by atoms with Crippen LogP contribution in [0, 0.1) is 6.92 Å². The van der Waals surface area contributed by atoms with Crippen LogP contribution in [0.1, 0.15) is 23.6 Å². The number of hydrazine groups is 1. The number of para-hydroxylation sites is 1. The minimum atomic E-state index is -0.0399. The van der Waals surface area contributed by atoms with Crippen molar-refractivity contribution in [3.63, 3.8) is 0 Å². The fraction of sp³-hybridized carbons (Fsp3) is 0.273. The molecule has 0 saturated carbocycles. The molecule has 1 saturated heterocycles. The van der Waals surface area contributed by atoms with Crippen molar-refractivity contribution < 1.29 is 4.79 Å². The van der Waals surface area contributed by atoms with Gasteiger partial charge < -0.3 is 15.2 Å². The van der Waals surface area contributed by atoms with Gasteiger partial charge in [0.1, 0.15) is 6.17 Å². The van der Waals surface area contributed by atoms with Gasteiger partial charge in [-0.05, 0) is 31.0 Å². The fourth-order valence-electron chi connectivity index (χ4n) is 4.01. The first-order valence-corrected chi connectivity index (χ1v) is 11.0. The van der Waals surface area contributed by atoms with Crippen LogP contribution < -0.4 is 16.2 Å². The Balaban J connectivity index is 1.19. The number of rotatable bonds is 4. The summed E-state index contributed by atoms with van der Waals surface area (Å²) in [5.41, 5.74) is 10.2. The molecular formula is C22H24N6OS. The first-order chi connectivity index (χ1) is 14.7. The Bertz CT molecular complexity index is 977. The number of benzene rings is 2. The summed E-state index contributed by atoms with van der Waals surface area (Å²) < 4.78 is 0. The fourth-order valence-corrected chi connectivity index (χ4v) is 4.79. The second-order valence-corrected chi connectivity index (χ2v) is 8.62. The molecule has 1 fully saturated rings. The minimum absolute atomic E-state index is 0.0399. The van der Waals surface area contributed by atoms with Crippen molar-refractivity contribution in [1.82, 2.24) is 20.8 Å². The van der Waals surface area contributed by atoms with E-state index >= 15 is 0 Å². The summed E-state index contributed by atoms with van der Waals surface area (Å²) in [5.74, 6) is 0.271. The van der Waals surface area contributed by atoms with Gasteiger partial charge in [0.2, 0.25) is 5.91 Å². The van der Waals surface area contributed by atoms with Crippen LogP contribution in [0.4, 0.5) is 5.69 Å². The molecular weight excluding hydrogens is 396 g/mol. The van der Waals surface area contributed by atoms with Gasteiger partial charge in [-0.3, -0.25) is 10.2 Å². The third kappa shape index (κ3) is 3.76. The summed E-state index contributed by atoms with van der Waals surface area (Å²) in [5, 5.41) is 10.4. The number of anilines is 1. The Labute approximate surface area is 180 Å². The smallest absolute Gasteiger partial charge is 0.234 e. The number of fused-ring (bicyclic) bond motifs is 3. The number of amidine groups is 1. The second-order valence-electron chi connectivity index (χ2n) is 7.68. The molecule has 8 heteroatoms. The number of hydrogen-bond acceptors (Lipinski definition) is 7. The zero-order chi connectivity index (χ0) is 20.5. The lowest BCUT2D eigenvalue weighted by Gasteiger charge is -2.36. The minimum Gasteiger partial charge on any atom is -0.325 e. The number of aryl methyl sites for hydroxylation is 1. The first-order valence-electron chi connectivity index (χ1n) is 10.1. The molecule has 0 aliphatic carbocycles. The quantitative estimate of drug-likeness (QED) is 0.706. The van der Waals surface area contributed by atoms with E-state index in [1.807, 2.05) is 36.5 Å². The summed E-state index contributed by atoms with van der Waals surface area (Å²) in [6, 6.07) is 18.7. The van der Waals surface area contributed by atoms with Crippen molar-refractivity contribution in [3.05, 3.63) is 78.1 Å². The third-order valence-corrected chi connectivity index (χ3v) is 6.54. The maximum atomic E-state index is 12.3. The average molecular weight is 421 g/mol. The van der Waals surface area contributed by atoms with Crippen molar-refractivity contribution in [3.8, 4) is 0 Å². The number of hydrazone groups is 1. The summed E-state index contributed by atoms with van der Waals surface area (Å²) in [4.78, 5) is 14.4. The van der Waals surface area contributed by atoms with Gasteiger partial charge >= 0.3 is 0 Å². The normalized spacial score (nSPS) is 24.2. The van der Waals surface area contributed by atoms with Crippen LogP contribution in [0.25, 0.3) is 0 Å². The van der Waals surface area contributed by atoms with Crippen molar-refractivity contribution in [2.24, 2.45) is 5.10 Å². The van der Waals surface area contributed by atoms with Crippen molar-refractivity contribution in [2.45, 2.75) is 31.6 Å². The average Bonchev–Trinajstić information content (AvgIpc) is 3.37. The van der Waals surface area contributed by atoms with E-state index in [1.54, 1.807) is 0 Å². The molecule has 0 bridgehead atoms. The maximum Gasteiger partial charge on any atom is 0.234 e. The van der Waals surface area contributed by atoms with Crippen molar-refractivity contribution in [1.29, 1.82) is 0 Å². The van der Waals surface area contributed by atoms with E-state index in [-0.39, 0.29) is 24.2 Å². The number of carbonyl (C=O) groups is 1. The number of nitrogens with one attached hydrogen (secondary N) is 3. The molecule has 3 atom stereocenters. The number of amides is 1. The number of thioether (sulfide) groups is 1. The molecule has 0 aromatic heterocycles. The van der Waals surface area contributed by atoms with E-state index in [2.05, 4.69) is 68.6 Å². The Morgan fingerprint density at radius 2 is 1.97 bits per heavy atom. The van der Waals surface area contributed by atoms with Crippen LogP contribution >= 0.6 is 11.8 Å². The van der Waals surface area contributed by atoms with E-state index < -0.39 is 0 Å². The molecule has 3 heterocycles. The highest BCUT2D eigenvalue weighted by atomic mass is 32.2. The van der Waals surface area contributed by atoms with Gasteiger partial charge in [-0.1, -0.05) is 59.8 Å². The van der Waals surface area contributed by atoms with E-state index in [4.69, 9.17) is 0 Å². The summed E-state index contributed by atoms with van der Waals surface area (Å²) in [6.45, 7) is 2.11.